The number of aromatic nitrogens is 5. The Morgan fingerprint density at radius 3 is 2.46 bits per heavy atom. The summed E-state index contributed by atoms with van der Waals surface area (Å²) in [5.41, 5.74) is 9.64. The zero-order valence-corrected chi connectivity index (χ0v) is 20.4. The maximum atomic E-state index is 13.3. The van der Waals surface area contributed by atoms with Crippen LogP contribution in [0.15, 0.2) is 54.7 Å². The molecule has 3 N–H and O–H groups in total. The van der Waals surface area contributed by atoms with Crippen molar-refractivity contribution < 1.29 is 13.5 Å². The maximum Gasteiger partial charge on any atom is 0.249 e. The Morgan fingerprint density at radius 1 is 1.03 bits per heavy atom. The Balaban J connectivity index is 1.17. The van der Waals surface area contributed by atoms with E-state index in [-0.39, 0.29) is 24.2 Å². The zero-order valence-electron chi connectivity index (χ0n) is 20.4. The number of rotatable bonds is 6. The SMILES string of the molecule is COc1cc(N2CC3(C2)CC(F)(F)C3)ccc1-c1nc(Nc2ccc(-c3ccnc(N)n3)cc2)n(C)n1. The van der Waals surface area contributed by atoms with Crippen LogP contribution in [-0.4, -0.2) is 50.9 Å². The van der Waals surface area contributed by atoms with Gasteiger partial charge in [0.15, 0.2) is 5.82 Å². The van der Waals surface area contributed by atoms with Crippen LogP contribution in [0.4, 0.5) is 32.1 Å². The highest BCUT2D eigenvalue weighted by Crippen LogP contribution is 2.57. The van der Waals surface area contributed by atoms with E-state index in [1.807, 2.05) is 49.5 Å². The minimum Gasteiger partial charge on any atom is -0.496 e. The van der Waals surface area contributed by atoms with E-state index in [0.29, 0.717) is 30.6 Å². The van der Waals surface area contributed by atoms with Crippen molar-refractivity contribution in [2.45, 2.75) is 18.8 Å². The van der Waals surface area contributed by atoms with Crippen LogP contribution in [0.1, 0.15) is 12.8 Å². The van der Waals surface area contributed by atoms with Gasteiger partial charge in [0.05, 0.1) is 18.4 Å². The molecule has 11 heteroatoms. The molecule has 2 fully saturated rings. The first kappa shape index (κ1) is 23.1. The van der Waals surface area contributed by atoms with Gasteiger partial charge in [0.25, 0.3) is 0 Å². The lowest BCUT2D eigenvalue weighted by molar-refractivity contribution is -0.170. The quantitative estimate of drug-likeness (QED) is 0.395. The van der Waals surface area contributed by atoms with Crippen LogP contribution in [-0.2, 0) is 7.05 Å². The van der Waals surface area contributed by atoms with Crippen LogP contribution < -0.4 is 20.7 Å². The summed E-state index contributed by atoms with van der Waals surface area (Å²) in [6.45, 7) is 1.29. The highest BCUT2D eigenvalue weighted by atomic mass is 19.3. The summed E-state index contributed by atoms with van der Waals surface area (Å²) in [5, 5.41) is 7.85. The molecule has 6 rings (SSSR count). The fraction of sp³-hybridized carbons (Fsp3) is 0.308. The Morgan fingerprint density at radius 2 is 1.78 bits per heavy atom. The predicted octanol–water partition coefficient (Wildman–Crippen LogP) is 4.51. The van der Waals surface area contributed by atoms with E-state index < -0.39 is 5.92 Å². The molecule has 1 saturated heterocycles. The third kappa shape index (κ3) is 4.30. The first-order valence-electron chi connectivity index (χ1n) is 11.9. The predicted molar refractivity (Wildman–Crippen MR) is 137 cm³/mol. The summed E-state index contributed by atoms with van der Waals surface area (Å²) in [4.78, 5) is 15.0. The maximum absolute atomic E-state index is 13.3. The summed E-state index contributed by atoms with van der Waals surface area (Å²) in [6.07, 6.45) is 1.59. The van der Waals surface area contributed by atoms with Crippen molar-refractivity contribution in [2.75, 3.05) is 36.1 Å². The minimum atomic E-state index is -2.50. The number of ether oxygens (including phenoxy) is 1. The van der Waals surface area contributed by atoms with Gasteiger partial charge in [-0.3, -0.25) is 0 Å². The van der Waals surface area contributed by atoms with Gasteiger partial charge in [-0.15, -0.1) is 5.10 Å². The van der Waals surface area contributed by atoms with Gasteiger partial charge in [0.2, 0.25) is 17.8 Å². The molecule has 1 saturated carbocycles. The van der Waals surface area contributed by atoms with E-state index in [0.717, 1.165) is 28.2 Å². The summed E-state index contributed by atoms with van der Waals surface area (Å²) in [6, 6.07) is 15.3. The molecule has 1 spiro atoms. The van der Waals surface area contributed by atoms with E-state index >= 15 is 0 Å². The molecule has 0 unspecified atom stereocenters. The highest BCUT2D eigenvalue weighted by molar-refractivity contribution is 5.71. The van der Waals surface area contributed by atoms with Gasteiger partial charge < -0.3 is 20.7 Å². The van der Waals surface area contributed by atoms with Crippen molar-refractivity contribution in [3.8, 4) is 28.4 Å². The molecule has 0 atom stereocenters. The lowest BCUT2D eigenvalue weighted by atomic mass is 9.61. The number of nitrogens with zero attached hydrogens (tertiary/aromatic N) is 6. The van der Waals surface area contributed by atoms with Crippen LogP contribution in [0.3, 0.4) is 0 Å². The third-order valence-corrected chi connectivity index (χ3v) is 6.99. The third-order valence-electron chi connectivity index (χ3n) is 6.99. The summed E-state index contributed by atoms with van der Waals surface area (Å²) in [5.74, 6) is -0.567. The number of nitrogen functional groups attached to an aromatic ring is 1. The molecule has 37 heavy (non-hydrogen) atoms. The number of halogens is 2. The van der Waals surface area contributed by atoms with Crippen molar-refractivity contribution >= 4 is 23.3 Å². The molecule has 4 aromatic rings. The second kappa shape index (κ2) is 8.39. The van der Waals surface area contributed by atoms with E-state index in [1.165, 1.54) is 0 Å². The monoisotopic (exact) mass is 504 g/mol. The molecule has 0 amide bonds. The molecule has 190 valence electrons. The van der Waals surface area contributed by atoms with Crippen molar-refractivity contribution in [3.63, 3.8) is 0 Å². The van der Waals surface area contributed by atoms with Crippen LogP contribution in [0.2, 0.25) is 0 Å². The molecule has 1 aliphatic heterocycles. The zero-order chi connectivity index (χ0) is 25.8. The highest BCUT2D eigenvalue weighted by Gasteiger charge is 2.61. The van der Waals surface area contributed by atoms with Gasteiger partial charge in [-0.1, -0.05) is 12.1 Å². The molecule has 2 aromatic carbocycles. The number of aryl methyl sites for hydroxylation is 1. The van der Waals surface area contributed by atoms with Crippen molar-refractivity contribution in [2.24, 2.45) is 12.5 Å². The molecule has 2 aliphatic rings. The van der Waals surface area contributed by atoms with Crippen molar-refractivity contribution in [3.05, 3.63) is 54.7 Å². The Hall–Kier alpha value is -4.28. The lowest BCUT2D eigenvalue weighted by Crippen LogP contribution is -2.66. The number of nitrogens with two attached hydrogens (primary N) is 1. The number of alkyl halides is 2. The molecule has 1 aliphatic carbocycles. The van der Waals surface area contributed by atoms with Gasteiger partial charge in [-0.25, -0.2) is 23.4 Å². The molecule has 0 radical (unpaired) electrons. The first-order chi connectivity index (χ1) is 17.7. The topological polar surface area (TPSA) is 107 Å². The van der Waals surface area contributed by atoms with Gasteiger partial charge >= 0.3 is 0 Å². The van der Waals surface area contributed by atoms with Crippen molar-refractivity contribution in [1.82, 2.24) is 24.7 Å². The van der Waals surface area contributed by atoms with Crippen molar-refractivity contribution in [1.29, 1.82) is 0 Å². The van der Waals surface area contributed by atoms with Gasteiger partial charge in [0.1, 0.15) is 5.75 Å². The summed E-state index contributed by atoms with van der Waals surface area (Å²) < 4.78 is 34.0. The molecule has 3 heterocycles. The van der Waals surface area contributed by atoms with E-state index in [1.54, 1.807) is 24.1 Å². The summed E-state index contributed by atoms with van der Waals surface area (Å²) in [7, 11) is 3.41. The smallest absolute Gasteiger partial charge is 0.249 e. The van der Waals surface area contributed by atoms with E-state index in [9.17, 15) is 8.78 Å². The average molecular weight is 505 g/mol. The van der Waals surface area contributed by atoms with Gasteiger partial charge in [-0.05, 0) is 30.3 Å². The fourth-order valence-electron chi connectivity index (χ4n) is 5.27. The molecule has 0 bridgehead atoms. The fourth-order valence-corrected chi connectivity index (χ4v) is 5.27. The van der Waals surface area contributed by atoms with E-state index in [2.05, 4.69) is 30.3 Å². The minimum absolute atomic E-state index is 0.0165. The largest absolute Gasteiger partial charge is 0.496 e. The Labute approximate surface area is 212 Å². The lowest BCUT2D eigenvalue weighted by Gasteiger charge is -2.59. The first-order valence-corrected chi connectivity index (χ1v) is 11.9. The summed E-state index contributed by atoms with van der Waals surface area (Å²) >= 11 is 0. The average Bonchev–Trinajstić information content (AvgIpc) is 3.20. The van der Waals surface area contributed by atoms with E-state index in [4.69, 9.17) is 10.5 Å². The number of anilines is 4. The van der Waals surface area contributed by atoms with Gasteiger partial charge in [-0.2, -0.15) is 4.98 Å². The number of hydrogen-bond acceptors (Lipinski definition) is 8. The molecule has 2 aromatic heterocycles. The molecular weight excluding hydrogens is 478 g/mol. The Kier molecular flexibility index (Phi) is 5.25. The number of nitrogens with one attached hydrogen (secondary N) is 1. The number of hydrogen-bond donors (Lipinski definition) is 2. The van der Waals surface area contributed by atoms with Crippen LogP contribution in [0.5, 0.6) is 5.75 Å². The second-order valence-electron chi connectivity index (χ2n) is 9.84. The van der Waals surface area contributed by atoms with Gasteiger partial charge in [0, 0.05) is 67.6 Å². The van der Waals surface area contributed by atoms with Crippen LogP contribution >= 0.6 is 0 Å². The number of benzene rings is 2. The Bertz CT molecular complexity index is 1450. The molecule has 9 nitrogen and oxygen atoms in total. The second-order valence-corrected chi connectivity index (χ2v) is 9.84. The molecular formula is C26H26F2N8O. The van der Waals surface area contributed by atoms with Crippen LogP contribution in [0, 0.1) is 5.41 Å². The standard InChI is InChI=1S/C26H26F2N8O/c1-35-24(31-17-5-3-16(4-6-17)20-9-10-30-23(29)32-20)33-22(34-35)19-8-7-18(11-21(19)37-2)36-14-25(15-36)12-26(27,28)13-25/h3-11H,12-15H2,1-2H3,(H2,29,30,32)(H,31,33,34). The van der Waals surface area contributed by atoms with Crippen LogP contribution in [0.25, 0.3) is 22.6 Å². The number of methoxy groups -OCH3 is 1. The normalized spacial score (nSPS) is 17.2.